The Kier molecular flexibility index (Phi) is 2.59. The Morgan fingerprint density at radius 2 is 2.33 bits per heavy atom. The fourth-order valence-electron chi connectivity index (χ4n) is 2.75. The van der Waals surface area contributed by atoms with Crippen LogP contribution in [0.4, 0.5) is 0 Å². The molecule has 1 aliphatic rings. The minimum absolute atomic E-state index is 0.351. The van der Waals surface area contributed by atoms with Gasteiger partial charge in [-0.05, 0) is 24.4 Å². The van der Waals surface area contributed by atoms with Crippen LogP contribution in [0.5, 0.6) is 0 Å². The average molecular weight is 207 g/mol. The molecule has 84 valence electrons. The normalized spacial score (nSPS) is 28.8. The van der Waals surface area contributed by atoms with E-state index in [9.17, 15) is 0 Å². The van der Waals surface area contributed by atoms with E-state index in [1.54, 1.807) is 0 Å². The Morgan fingerprint density at radius 1 is 1.60 bits per heavy atom. The minimum atomic E-state index is 0.351. The van der Waals surface area contributed by atoms with Crippen molar-refractivity contribution in [2.24, 2.45) is 12.5 Å². The highest BCUT2D eigenvalue weighted by Crippen LogP contribution is 2.52. The Hall–Kier alpha value is -0.830. The number of rotatable bonds is 3. The fraction of sp³-hybridized carbons (Fsp3) is 0.750. The molecule has 0 aromatic carbocycles. The zero-order valence-electron chi connectivity index (χ0n) is 10.1. The van der Waals surface area contributed by atoms with Crippen LogP contribution < -0.4 is 5.32 Å². The molecule has 1 aromatic heterocycles. The van der Waals surface area contributed by atoms with Gasteiger partial charge in [-0.2, -0.15) is 5.10 Å². The third-order valence-corrected chi connectivity index (χ3v) is 3.93. The lowest BCUT2D eigenvalue weighted by Gasteiger charge is -2.52. The standard InChI is InChI=1S/C12H21N3/c1-5-13-11-8-9(12(11,2)3)10-6-7-14-15(10)4/h6-7,9,11,13H,5,8H2,1-4H3. The molecule has 0 spiro atoms. The molecule has 0 amide bonds. The second-order valence-electron chi connectivity index (χ2n) is 5.10. The summed E-state index contributed by atoms with van der Waals surface area (Å²) in [5.74, 6) is 0.647. The summed E-state index contributed by atoms with van der Waals surface area (Å²) in [7, 11) is 2.03. The maximum atomic E-state index is 4.25. The van der Waals surface area contributed by atoms with Crippen LogP contribution in [0.2, 0.25) is 0 Å². The second kappa shape index (κ2) is 3.63. The van der Waals surface area contributed by atoms with Crippen molar-refractivity contribution in [2.75, 3.05) is 6.54 Å². The first-order valence-corrected chi connectivity index (χ1v) is 5.78. The summed E-state index contributed by atoms with van der Waals surface area (Å²) in [4.78, 5) is 0. The molecule has 1 fully saturated rings. The van der Waals surface area contributed by atoms with Crippen molar-refractivity contribution >= 4 is 0 Å². The molecule has 1 N–H and O–H groups in total. The van der Waals surface area contributed by atoms with Crippen LogP contribution in [0.15, 0.2) is 12.3 Å². The lowest BCUT2D eigenvalue weighted by molar-refractivity contribution is 0.0656. The van der Waals surface area contributed by atoms with Gasteiger partial charge in [0, 0.05) is 30.9 Å². The molecular weight excluding hydrogens is 186 g/mol. The molecule has 0 radical (unpaired) electrons. The number of hydrogen-bond acceptors (Lipinski definition) is 2. The first-order valence-electron chi connectivity index (χ1n) is 5.78. The highest BCUT2D eigenvalue weighted by Gasteiger charge is 2.49. The molecule has 15 heavy (non-hydrogen) atoms. The third kappa shape index (κ3) is 1.59. The molecule has 1 heterocycles. The summed E-state index contributed by atoms with van der Waals surface area (Å²) in [5, 5.41) is 7.81. The maximum absolute atomic E-state index is 4.25. The maximum Gasteiger partial charge on any atom is 0.0492 e. The van der Waals surface area contributed by atoms with E-state index in [1.165, 1.54) is 12.1 Å². The molecule has 3 heteroatoms. The van der Waals surface area contributed by atoms with Crippen molar-refractivity contribution in [2.45, 2.75) is 39.2 Å². The van der Waals surface area contributed by atoms with Crippen LogP contribution in [0, 0.1) is 5.41 Å². The molecule has 0 saturated heterocycles. The Morgan fingerprint density at radius 3 is 2.80 bits per heavy atom. The van der Waals surface area contributed by atoms with E-state index >= 15 is 0 Å². The van der Waals surface area contributed by atoms with Crippen LogP contribution in [0.1, 0.15) is 38.8 Å². The summed E-state index contributed by atoms with van der Waals surface area (Å²) in [5.41, 5.74) is 1.72. The van der Waals surface area contributed by atoms with Gasteiger partial charge in [-0.1, -0.05) is 20.8 Å². The number of nitrogens with one attached hydrogen (secondary N) is 1. The van der Waals surface area contributed by atoms with E-state index in [1.807, 2.05) is 17.9 Å². The summed E-state index contributed by atoms with van der Waals surface area (Å²) in [6.07, 6.45) is 3.13. The van der Waals surface area contributed by atoms with Crippen molar-refractivity contribution in [1.29, 1.82) is 0 Å². The monoisotopic (exact) mass is 207 g/mol. The van der Waals surface area contributed by atoms with Gasteiger partial charge < -0.3 is 5.32 Å². The number of aryl methyl sites for hydroxylation is 1. The SMILES string of the molecule is CCNC1CC(c2ccnn2C)C1(C)C. The molecular formula is C12H21N3. The second-order valence-corrected chi connectivity index (χ2v) is 5.10. The molecule has 0 aliphatic heterocycles. The van der Waals surface area contributed by atoms with E-state index in [-0.39, 0.29) is 0 Å². The highest BCUT2D eigenvalue weighted by atomic mass is 15.3. The zero-order chi connectivity index (χ0) is 11.1. The van der Waals surface area contributed by atoms with E-state index < -0.39 is 0 Å². The average Bonchev–Trinajstić information content (AvgIpc) is 2.58. The van der Waals surface area contributed by atoms with Gasteiger partial charge >= 0.3 is 0 Å². The molecule has 1 saturated carbocycles. The first kappa shape index (κ1) is 10.7. The van der Waals surface area contributed by atoms with Gasteiger partial charge in [0.05, 0.1) is 0 Å². The van der Waals surface area contributed by atoms with Gasteiger partial charge in [-0.3, -0.25) is 4.68 Å². The van der Waals surface area contributed by atoms with E-state index in [2.05, 4.69) is 37.3 Å². The summed E-state index contributed by atoms with van der Waals surface area (Å²) < 4.78 is 2.01. The van der Waals surface area contributed by atoms with E-state index in [0.717, 1.165) is 6.54 Å². The Balaban J connectivity index is 2.13. The lowest BCUT2D eigenvalue weighted by atomic mass is 9.57. The highest BCUT2D eigenvalue weighted by molar-refractivity contribution is 5.20. The largest absolute Gasteiger partial charge is 0.314 e. The van der Waals surface area contributed by atoms with Crippen LogP contribution in [0.3, 0.4) is 0 Å². The van der Waals surface area contributed by atoms with E-state index in [4.69, 9.17) is 0 Å². The van der Waals surface area contributed by atoms with Crippen LogP contribution >= 0.6 is 0 Å². The van der Waals surface area contributed by atoms with Crippen molar-refractivity contribution in [3.8, 4) is 0 Å². The summed E-state index contributed by atoms with van der Waals surface area (Å²) >= 11 is 0. The lowest BCUT2D eigenvalue weighted by Crippen LogP contribution is -2.55. The molecule has 1 aromatic rings. The molecule has 2 unspecified atom stereocenters. The topological polar surface area (TPSA) is 29.9 Å². The van der Waals surface area contributed by atoms with Crippen LogP contribution in [-0.4, -0.2) is 22.4 Å². The van der Waals surface area contributed by atoms with Crippen molar-refractivity contribution in [1.82, 2.24) is 15.1 Å². The quantitative estimate of drug-likeness (QED) is 0.820. The van der Waals surface area contributed by atoms with Gasteiger partial charge in [0.1, 0.15) is 0 Å². The van der Waals surface area contributed by atoms with Crippen molar-refractivity contribution in [3.05, 3.63) is 18.0 Å². The molecule has 2 atom stereocenters. The van der Waals surface area contributed by atoms with Crippen LogP contribution in [0.25, 0.3) is 0 Å². The van der Waals surface area contributed by atoms with Gasteiger partial charge in [-0.25, -0.2) is 0 Å². The molecule has 1 aliphatic carbocycles. The number of aromatic nitrogens is 2. The Labute approximate surface area is 91.9 Å². The van der Waals surface area contributed by atoms with Gasteiger partial charge in [0.15, 0.2) is 0 Å². The molecule has 3 nitrogen and oxygen atoms in total. The smallest absolute Gasteiger partial charge is 0.0492 e. The molecule has 2 rings (SSSR count). The third-order valence-electron chi connectivity index (χ3n) is 3.93. The number of hydrogen-bond donors (Lipinski definition) is 1. The first-order chi connectivity index (χ1) is 7.07. The minimum Gasteiger partial charge on any atom is -0.314 e. The fourth-order valence-corrected chi connectivity index (χ4v) is 2.75. The van der Waals surface area contributed by atoms with Gasteiger partial charge in [0.2, 0.25) is 0 Å². The summed E-state index contributed by atoms with van der Waals surface area (Å²) in [6, 6.07) is 2.80. The zero-order valence-corrected chi connectivity index (χ0v) is 10.1. The molecule has 0 bridgehead atoms. The predicted molar refractivity (Wildman–Crippen MR) is 61.8 cm³/mol. The van der Waals surface area contributed by atoms with Crippen molar-refractivity contribution in [3.63, 3.8) is 0 Å². The van der Waals surface area contributed by atoms with E-state index in [0.29, 0.717) is 17.4 Å². The number of nitrogens with zero attached hydrogens (tertiary/aromatic N) is 2. The summed E-state index contributed by atoms with van der Waals surface area (Å²) in [6.45, 7) is 7.93. The van der Waals surface area contributed by atoms with Crippen molar-refractivity contribution < 1.29 is 0 Å². The predicted octanol–water partition coefficient (Wildman–Crippen LogP) is 1.91. The van der Waals surface area contributed by atoms with Gasteiger partial charge in [0.25, 0.3) is 0 Å². The van der Waals surface area contributed by atoms with Crippen LogP contribution in [-0.2, 0) is 7.05 Å². The Bertz CT molecular complexity index is 340. The van der Waals surface area contributed by atoms with Gasteiger partial charge in [-0.15, -0.1) is 0 Å².